The van der Waals surface area contributed by atoms with Crippen LogP contribution in [0.2, 0.25) is 0 Å². The minimum atomic E-state index is -5.43. The van der Waals surface area contributed by atoms with Gasteiger partial charge in [-0.1, -0.05) is 24.3 Å². The summed E-state index contributed by atoms with van der Waals surface area (Å²) in [7, 11) is -7.45. The molecule has 7 rings (SSSR count). The summed E-state index contributed by atoms with van der Waals surface area (Å²) in [4.78, 5) is 47.1. The summed E-state index contributed by atoms with van der Waals surface area (Å²) in [5.41, 5.74) is 10.1. The van der Waals surface area contributed by atoms with Crippen LogP contribution >= 0.6 is 0 Å². The standard InChI is InChI=1S/C41H30N8O14S2.3Na/c1-62-34-16-20(3-11-31(34)44-47-38-25-8-7-24(64(56,57)58)15-22(25)5-14-33(38)50)21-4-12-32(35(17-21)63-2)45-48-39-36(65(59,60)61)19-27-26(40(39)51)9-10-29(42)37(27)46-43-30-13-6-23(49(54)55)18-28(30)41(52)53;;;/h3-19,44-45H,42H2,1-2H3,(H,52,53)(H,56,57,58)(H,59,60,61);;;/q;3*+1/p-3. The maximum atomic E-state index is 13.8. The van der Waals surface area contributed by atoms with Gasteiger partial charge in [-0.3, -0.25) is 30.6 Å². The van der Waals surface area contributed by atoms with Gasteiger partial charge in [-0.15, -0.1) is 10.2 Å². The first-order valence-electron chi connectivity index (χ1n) is 18.2. The summed E-state index contributed by atoms with van der Waals surface area (Å²) < 4.78 is 83.4. The molecule has 0 bridgehead atoms. The quantitative estimate of drug-likeness (QED) is 0.0250. The van der Waals surface area contributed by atoms with E-state index in [1.165, 1.54) is 50.6 Å². The van der Waals surface area contributed by atoms with Gasteiger partial charge in [0.15, 0.2) is 0 Å². The molecule has 4 N–H and O–H groups in total. The van der Waals surface area contributed by atoms with Gasteiger partial charge in [-0.05, 0) is 83.4 Å². The number of benzene rings is 5. The van der Waals surface area contributed by atoms with Crippen LogP contribution in [0.5, 0.6) is 11.5 Å². The summed E-state index contributed by atoms with van der Waals surface area (Å²) in [6.07, 6.45) is 3.37. The van der Waals surface area contributed by atoms with Crippen molar-refractivity contribution in [2.75, 3.05) is 30.8 Å². The number of carboxylic acid groups (broad SMARTS) is 1. The Labute approximate surface area is 452 Å². The average Bonchev–Trinajstić information content (AvgIpc) is 3.26. The molecule has 0 unspecified atom stereocenters. The monoisotopic (exact) mass is 988 g/mol. The second-order valence-electron chi connectivity index (χ2n) is 13.6. The molecule has 0 heterocycles. The normalized spacial score (nSPS) is 14.1. The summed E-state index contributed by atoms with van der Waals surface area (Å²) >= 11 is 0. The Kier molecular flexibility index (Phi) is 18.1. The third kappa shape index (κ3) is 11.7. The number of nitrogens with two attached hydrogens (primary N) is 1. The number of azo groups is 1. The van der Waals surface area contributed by atoms with Crippen LogP contribution < -0.4 is 120 Å². The van der Waals surface area contributed by atoms with Crippen LogP contribution in [-0.2, 0) is 25.0 Å². The van der Waals surface area contributed by atoms with Crippen molar-refractivity contribution >= 4 is 95.5 Å². The molecule has 330 valence electrons. The largest absolute Gasteiger partial charge is 1.00 e. The van der Waals surface area contributed by atoms with E-state index in [-0.39, 0.29) is 140 Å². The Morgan fingerprint density at radius 2 is 1.31 bits per heavy atom. The van der Waals surface area contributed by atoms with Crippen LogP contribution in [0, 0.1) is 10.1 Å². The fourth-order valence-corrected chi connectivity index (χ4v) is 7.65. The van der Waals surface area contributed by atoms with Crippen molar-refractivity contribution in [2.24, 2.45) is 20.4 Å². The maximum absolute atomic E-state index is 13.8. The van der Waals surface area contributed by atoms with Crippen LogP contribution in [-0.4, -0.2) is 74.0 Å². The second-order valence-corrected chi connectivity index (χ2v) is 16.3. The van der Waals surface area contributed by atoms with Gasteiger partial charge in [-0.25, -0.2) is 16.8 Å². The number of nitrogens with one attached hydrogen (secondary N) is 2. The minimum Gasteiger partial charge on any atom is -0.744 e. The van der Waals surface area contributed by atoms with E-state index in [1.54, 1.807) is 30.3 Å². The van der Waals surface area contributed by atoms with Crippen molar-refractivity contribution in [1.82, 2.24) is 0 Å². The molecule has 0 atom stereocenters. The van der Waals surface area contributed by atoms with Crippen LogP contribution in [0.3, 0.4) is 0 Å². The predicted octanol–water partition coefficient (Wildman–Crippen LogP) is -4.48. The SMILES string of the molecule is COc1cc(-c2ccc(NN=C3C(=O)C=Cc4cc(S(=O)(=O)[O-])ccc43)c(OC)c2)ccc1NN=C1C(=O)c2ccc(N)c(N=Nc3ccc([N+](=O)[O-])cc3C(=O)[O-])c2C=C1S(=O)(=O)[O-].[Na+].[Na+].[Na+]. The number of Topliss-reactive ketones (excluding diaryl/α,β-unsaturated/α-hetero) is 1. The number of allylic oxidation sites excluding steroid dienone is 2. The van der Waals surface area contributed by atoms with E-state index in [0.717, 1.165) is 30.3 Å². The van der Waals surface area contributed by atoms with E-state index >= 15 is 0 Å². The average molecular weight is 989 g/mol. The molecule has 68 heavy (non-hydrogen) atoms. The first-order valence-corrected chi connectivity index (χ1v) is 21.0. The first kappa shape index (κ1) is 55.1. The minimum absolute atomic E-state index is 0. The molecule has 0 aliphatic heterocycles. The molecule has 0 aromatic heterocycles. The number of carbonyl (C=O) groups excluding carboxylic acids is 3. The number of methoxy groups -OCH3 is 2. The Balaban J connectivity index is 0.00000336. The topological polar surface area (TPSA) is 350 Å². The molecular formula is C41H27N8Na3O14S2. The number of carboxylic acids is 1. The molecule has 2 aliphatic rings. The molecule has 27 heteroatoms. The van der Waals surface area contributed by atoms with Crippen molar-refractivity contribution in [1.29, 1.82) is 0 Å². The fraction of sp³-hybridized carbons (Fsp3) is 0.0488. The molecule has 0 fully saturated rings. The molecule has 0 saturated heterocycles. The van der Waals surface area contributed by atoms with Crippen LogP contribution in [0.25, 0.3) is 23.3 Å². The van der Waals surface area contributed by atoms with E-state index in [4.69, 9.17) is 15.2 Å². The van der Waals surface area contributed by atoms with E-state index in [9.17, 15) is 55.5 Å². The molecular weight excluding hydrogens is 962 g/mol. The van der Waals surface area contributed by atoms with Gasteiger partial charge >= 0.3 is 88.7 Å². The zero-order valence-corrected chi connectivity index (χ0v) is 43.8. The van der Waals surface area contributed by atoms with Crippen LogP contribution in [0.15, 0.2) is 121 Å². The smallest absolute Gasteiger partial charge is 0.744 e. The van der Waals surface area contributed by atoms with Gasteiger partial charge in [0.2, 0.25) is 11.6 Å². The number of nitro benzene ring substituents is 1. The number of anilines is 3. The number of aromatic carboxylic acids is 1. The van der Waals surface area contributed by atoms with Crippen molar-refractivity contribution in [3.8, 4) is 22.6 Å². The Bertz CT molecular complexity index is 3330. The molecule has 22 nitrogen and oxygen atoms in total. The van der Waals surface area contributed by atoms with E-state index in [0.29, 0.717) is 28.4 Å². The number of carbonyl (C=O) groups is 3. The number of ether oxygens (including phenoxy) is 2. The molecule has 2 aliphatic carbocycles. The molecule has 0 spiro atoms. The summed E-state index contributed by atoms with van der Waals surface area (Å²) in [6, 6.07) is 18.2. The number of non-ortho nitro benzene ring substituents is 1. The maximum Gasteiger partial charge on any atom is 1.00 e. The van der Waals surface area contributed by atoms with Crippen molar-refractivity contribution in [2.45, 2.75) is 4.90 Å². The summed E-state index contributed by atoms with van der Waals surface area (Å²) in [6.45, 7) is 0. The van der Waals surface area contributed by atoms with Gasteiger partial charge in [-0.2, -0.15) is 10.2 Å². The third-order valence-corrected chi connectivity index (χ3v) is 11.4. The number of nitro groups is 1. The molecule has 0 radical (unpaired) electrons. The number of hydrogen-bond donors (Lipinski definition) is 3. The zero-order chi connectivity index (χ0) is 47.0. The van der Waals surface area contributed by atoms with E-state index in [2.05, 4.69) is 31.3 Å². The van der Waals surface area contributed by atoms with Gasteiger partial charge in [0.25, 0.3) is 5.69 Å². The number of hydrogen-bond acceptors (Lipinski definition) is 21. The Morgan fingerprint density at radius 3 is 1.85 bits per heavy atom. The fourth-order valence-electron chi connectivity index (χ4n) is 6.51. The number of fused-ring (bicyclic) bond motifs is 2. The van der Waals surface area contributed by atoms with E-state index < -0.39 is 75.1 Å². The van der Waals surface area contributed by atoms with Crippen molar-refractivity contribution in [3.63, 3.8) is 0 Å². The van der Waals surface area contributed by atoms with E-state index in [1.807, 2.05) is 0 Å². The number of nitrogens with zero attached hydrogens (tertiary/aromatic N) is 5. The predicted molar refractivity (Wildman–Crippen MR) is 229 cm³/mol. The molecule has 0 amide bonds. The third-order valence-electron chi connectivity index (χ3n) is 9.68. The number of nitrogen functional groups attached to an aromatic ring is 1. The van der Waals surface area contributed by atoms with Crippen LogP contribution in [0.4, 0.5) is 34.1 Å². The van der Waals surface area contributed by atoms with Gasteiger partial charge < -0.3 is 34.2 Å². The number of rotatable bonds is 13. The zero-order valence-electron chi connectivity index (χ0n) is 36.2. The van der Waals surface area contributed by atoms with Crippen LogP contribution in [0.1, 0.15) is 37.4 Å². The Morgan fingerprint density at radius 1 is 0.721 bits per heavy atom. The Hall–Kier alpha value is -5.45. The van der Waals surface area contributed by atoms with Crippen molar-refractivity contribution in [3.05, 3.63) is 134 Å². The number of ketones is 2. The van der Waals surface area contributed by atoms with Gasteiger partial charge in [0, 0.05) is 34.4 Å². The first-order chi connectivity index (χ1) is 30.8. The molecule has 0 saturated carbocycles. The molecule has 5 aromatic rings. The molecule has 5 aromatic carbocycles. The summed E-state index contributed by atoms with van der Waals surface area (Å²) in [5, 5.41) is 38.8. The summed E-state index contributed by atoms with van der Waals surface area (Å²) in [5.74, 6) is -2.93. The second kappa shape index (κ2) is 22.3. The van der Waals surface area contributed by atoms with Gasteiger partial charge in [0.1, 0.15) is 48.8 Å². The van der Waals surface area contributed by atoms with Crippen molar-refractivity contribution < 1.29 is 149 Å². The number of hydrazone groups is 2. The van der Waals surface area contributed by atoms with Gasteiger partial charge in [0.05, 0.1) is 57.7 Å².